The molecule has 0 aliphatic rings. The van der Waals surface area contributed by atoms with Crippen molar-refractivity contribution in [3.05, 3.63) is 42.0 Å². The van der Waals surface area contributed by atoms with Gasteiger partial charge in [0, 0.05) is 47.0 Å². The molecule has 0 spiro atoms. The standard InChI is InChI=1S/C17H30N2O3Si.ClH/c1-20-23(21-2,22-3)16-8-14-19(15-12-18)13-7-11-17-9-5-4-6-10-17;/h4-7,9-11H,8,12-16,18H2,1-3H3;1H/b11-7+;. The molecule has 1 rings (SSSR count). The molecule has 5 nitrogen and oxygen atoms in total. The first kappa shape index (κ1) is 23.3. The van der Waals surface area contributed by atoms with E-state index in [1.807, 2.05) is 18.2 Å². The van der Waals surface area contributed by atoms with E-state index in [0.717, 1.165) is 32.1 Å². The lowest BCUT2D eigenvalue weighted by Crippen LogP contribution is -2.43. The third-order valence-electron chi connectivity index (χ3n) is 3.81. The topological polar surface area (TPSA) is 57.0 Å². The molecule has 2 N–H and O–H groups in total. The maximum Gasteiger partial charge on any atom is 0.500 e. The van der Waals surface area contributed by atoms with Gasteiger partial charge in [0.2, 0.25) is 0 Å². The Labute approximate surface area is 153 Å². The van der Waals surface area contributed by atoms with Crippen LogP contribution in [0.3, 0.4) is 0 Å². The van der Waals surface area contributed by atoms with Crippen LogP contribution in [0.15, 0.2) is 36.4 Å². The van der Waals surface area contributed by atoms with E-state index in [2.05, 4.69) is 29.2 Å². The number of nitrogens with two attached hydrogens (primary N) is 1. The zero-order chi connectivity index (χ0) is 17.0. The van der Waals surface area contributed by atoms with Crippen molar-refractivity contribution in [2.45, 2.75) is 12.5 Å². The highest BCUT2D eigenvalue weighted by Gasteiger charge is 2.36. The summed E-state index contributed by atoms with van der Waals surface area (Å²) in [6.45, 7) is 3.36. The second kappa shape index (κ2) is 13.5. The van der Waals surface area contributed by atoms with E-state index in [4.69, 9.17) is 19.0 Å². The van der Waals surface area contributed by atoms with E-state index in [0.29, 0.717) is 6.54 Å². The monoisotopic (exact) mass is 374 g/mol. The van der Waals surface area contributed by atoms with E-state index in [-0.39, 0.29) is 12.4 Å². The van der Waals surface area contributed by atoms with Crippen molar-refractivity contribution in [3.63, 3.8) is 0 Å². The van der Waals surface area contributed by atoms with Crippen molar-refractivity contribution in [1.82, 2.24) is 4.90 Å². The van der Waals surface area contributed by atoms with Crippen LogP contribution in [-0.4, -0.2) is 61.2 Å². The number of nitrogens with zero attached hydrogens (tertiary/aromatic N) is 1. The molecular weight excluding hydrogens is 344 g/mol. The molecule has 0 radical (unpaired) electrons. The van der Waals surface area contributed by atoms with E-state index in [1.54, 1.807) is 21.3 Å². The molecule has 138 valence electrons. The largest absolute Gasteiger partial charge is 0.500 e. The predicted octanol–water partition coefficient (Wildman–Crippen LogP) is 2.65. The Bertz CT molecular complexity index is 436. The summed E-state index contributed by atoms with van der Waals surface area (Å²) in [6.07, 6.45) is 5.28. The Balaban J connectivity index is 0.00000529. The van der Waals surface area contributed by atoms with E-state index in [1.165, 1.54) is 5.56 Å². The summed E-state index contributed by atoms with van der Waals surface area (Å²) >= 11 is 0. The molecule has 1 aromatic rings. The van der Waals surface area contributed by atoms with Crippen LogP contribution in [0.25, 0.3) is 6.08 Å². The summed E-state index contributed by atoms with van der Waals surface area (Å²) in [5.74, 6) is 0. The zero-order valence-electron chi connectivity index (χ0n) is 14.9. The summed E-state index contributed by atoms with van der Waals surface area (Å²) in [6, 6.07) is 11.1. The van der Waals surface area contributed by atoms with Crippen LogP contribution in [0.4, 0.5) is 0 Å². The molecule has 0 bridgehead atoms. The second-order valence-corrected chi connectivity index (χ2v) is 8.39. The molecule has 0 aromatic heterocycles. The first-order valence-electron chi connectivity index (χ1n) is 7.99. The molecule has 0 saturated heterocycles. The highest BCUT2D eigenvalue weighted by molar-refractivity contribution is 6.60. The smallest absolute Gasteiger partial charge is 0.377 e. The lowest BCUT2D eigenvalue weighted by molar-refractivity contribution is 0.121. The minimum absolute atomic E-state index is 0. The normalized spacial score (nSPS) is 11.9. The van der Waals surface area contributed by atoms with Gasteiger partial charge in [-0.3, -0.25) is 4.90 Å². The fraction of sp³-hybridized carbons (Fsp3) is 0.529. The van der Waals surface area contributed by atoms with E-state index in [9.17, 15) is 0 Å². The van der Waals surface area contributed by atoms with Gasteiger partial charge in [0.1, 0.15) is 0 Å². The van der Waals surface area contributed by atoms with Crippen molar-refractivity contribution >= 4 is 27.3 Å². The van der Waals surface area contributed by atoms with Gasteiger partial charge in [-0.05, 0) is 18.5 Å². The van der Waals surface area contributed by atoms with Crippen molar-refractivity contribution in [2.24, 2.45) is 5.73 Å². The first-order chi connectivity index (χ1) is 11.2. The van der Waals surface area contributed by atoms with Gasteiger partial charge in [0.05, 0.1) is 0 Å². The number of benzene rings is 1. The second-order valence-electron chi connectivity index (χ2n) is 5.30. The lowest BCUT2D eigenvalue weighted by atomic mass is 10.2. The van der Waals surface area contributed by atoms with Crippen molar-refractivity contribution in [2.75, 3.05) is 47.5 Å². The number of rotatable bonds is 12. The van der Waals surface area contributed by atoms with Gasteiger partial charge in [-0.25, -0.2) is 0 Å². The summed E-state index contributed by atoms with van der Waals surface area (Å²) in [5, 5.41) is 0. The lowest BCUT2D eigenvalue weighted by Gasteiger charge is -2.26. The minimum atomic E-state index is -2.47. The minimum Gasteiger partial charge on any atom is -0.377 e. The van der Waals surface area contributed by atoms with Crippen LogP contribution in [0, 0.1) is 0 Å². The number of hydrogen-bond donors (Lipinski definition) is 1. The van der Waals surface area contributed by atoms with Gasteiger partial charge in [0.25, 0.3) is 0 Å². The Morgan fingerprint density at radius 2 is 1.67 bits per heavy atom. The van der Waals surface area contributed by atoms with Crippen molar-refractivity contribution < 1.29 is 13.3 Å². The molecule has 0 fully saturated rings. The summed E-state index contributed by atoms with van der Waals surface area (Å²) in [5.41, 5.74) is 6.93. The fourth-order valence-electron chi connectivity index (χ4n) is 2.45. The molecular formula is C17H31ClN2O3Si. The van der Waals surface area contributed by atoms with E-state index >= 15 is 0 Å². The third kappa shape index (κ3) is 8.39. The Kier molecular flexibility index (Phi) is 13.1. The fourth-order valence-corrected chi connectivity index (χ4v) is 4.16. The SMILES string of the molecule is CO[Si](CCCN(C/C=C/c1ccccc1)CCN)(OC)OC.Cl. The first-order valence-corrected chi connectivity index (χ1v) is 9.92. The quantitative estimate of drug-likeness (QED) is 0.570. The Morgan fingerprint density at radius 3 is 2.21 bits per heavy atom. The van der Waals surface area contributed by atoms with Crippen LogP contribution >= 0.6 is 12.4 Å². The third-order valence-corrected chi connectivity index (χ3v) is 6.64. The van der Waals surface area contributed by atoms with Crippen molar-refractivity contribution in [3.8, 4) is 0 Å². The van der Waals surface area contributed by atoms with Gasteiger partial charge < -0.3 is 19.0 Å². The number of halogens is 1. The average molecular weight is 375 g/mol. The summed E-state index contributed by atoms with van der Waals surface area (Å²) in [4.78, 5) is 2.33. The highest BCUT2D eigenvalue weighted by Crippen LogP contribution is 2.15. The number of hydrogen-bond acceptors (Lipinski definition) is 5. The maximum atomic E-state index is 5.72. The maximum absolute atomic E-state index is 5.72. The molecule has 0 unspecified atom stereocenters. The summed E-state index contributed by atoms with van der Waals surface area (Å²) < 4.78 is 16.4. The zero-order valence-corrected chi connectivity index (χ0v) is 16.8. The van der Waals surface area contributed by atoms with E-state index < -0.39 is 8.80 Å². The molecule has 24 heavy (non-hydrogen) atoms. The molecule has 7 heteroatoms. The predicted molar refractivity (Wildman–Crippen MR) is 104 cm³/mol. The molecule has 0 atom stereocenters. The average Bonchev–Trinajstić information content (AvgIpc) is 2.60. The molecule has 0 amide bonds. The molecule has 0 heterocycles. The Hall–Kier alpha value is -0.733. The molecule has 0 saturated carbocycles. The molecule has 1 aromatic carbocycles. The van der Waals surface area contributed by atoms with Crippen LogP contribution in [0.1, 0.15) is 12.0 Å². The van der Waals surface area contributed by atoms with Crippen LogP contribution in [0.5, 0.6) is 0 Å². The Morgan fingerprint density at radius 1 is 1.04 bits per heavy atom. The van der Waals surface area contributed by atoms with Gasteiger partial charge in [0.15, 0.2) is 0 Å². The molecule has 0 aliphatic heterocycles. The molecule has 0 aliphatic carbocycles. The van der Waals surface area contributed by atoms with Crippen LogP contribution in [0.2, 0.25) is 6.04 Å². The van der Waals surface area contributed by atoms with Gasteiger partial charge in [-0.15, -0.1) is 12.4 Å². The van der Waals surface area contributed by atoms with Gasteiger partial charge in [-0.1, -0.05) is 42.5 Å². The van der Waals surface area contributed by atoms with Crippen LogP contribution in [-0.2, 0) is 13.3 Å². The van der Waals surface area contributed by atoms with Crippen LogP contribution < -0.4 is 5.73 Å². The van der Waals surface area contributed by atoms with Crippen molar-refractivity contribution in [1.29, 1.82) is 0 Å². The van der Waals surface area contributed by atoms with Gasteiger partial charge in [-0.2, -0.15) is 0 Å². The highest BCUT2D eigenvalue weighted by atomic mass is 35.5. The van der Waals surface area contributed by atoms with Gasteiger partial charge >= 0.3 is 8.80 Å². The summed E-state index contributed by atoms with van der Waals surface area (Å²) in [7, 11) is 2.49.